The van der Waals surface area contributed by atoms with Gasteiger partial charge in [-0.15, -0.1) is 0 Å². The van der Waals surface area contributed by atoms with Gasteiger partial charge in [-0.2, -0.15) is 12.7 Å². The fourth-order valence-corrected chi connectivity index (χ4v) is 3.13. The molecule has 0 spiro atoms. The van der Waals surface area contributed by atoms with Gasteiger partial charge in [0.15, 0.2) is 0 Å². The maximum atomic E-state index is 11.3. The molecule has 2 rings (SSSR count). The molecule has 0 aromatic carbocycles. The van der Waals surface area contributed by atoms with Crippen LogP contribution in [-0.4, -0.2) is 45.4 Å². The summed E-state index contributed by atoms with van der Waals surface area (Å²) in [5.41, 5.74) is 0. The zero-order valence-electron chi connectivity index (χ0n) is 7.49. The molecular weight excluding hydrogens is 190 g/mol. The highest BCUT2D eigenvalue weighted by Gasteiger charge is 2.30. The number of nitrogens with one attached hydrogen (secondary N) is 2. The minimum absolute atomic E-state index is 0.495. The van der Waals surface area contributed by atoms with Gasteiger partial charge < -0.3 is 5.32 Å². The van der Waals surface area contributed by atoms with Crippen molar-refractivity contribution in [2.75, 3.05) is 32.7 Å². The van der Waals surface area contributed by atoms with E-state index in [1.807, 2.05) is 0 Å². The molecule has 1 unspecified atom stereocenters. The second-order valence-electron chi connectivity index (χ2n) is 3.62. The van der Waals surface area contributed by atoms with Crippen LogP contribution in [0.15, 0.2) is 0 Å². The quantitative estimate of drug-likeness (QED) is 0.592. The van der Waals surface area contributed by atoms with Crippen molar-refractivity contribution in [3.05, 3.63) is 0 Å². The Labute approximate surface area is 78.7 Å². The van der Waals surface area contributed by atoms with Gasteiger partial charge in [0.25, 0.3) is 10.2 Å². The van der Waals surface area contributed by atoms with Crippen LogP contribution in [0, 0.1) is 5.92 Å². The number of nitrogens with zero attached hydrogens (tertiary/aromatic N) is 1. The summed E-state index contributed by atoms with van der Waals surface area (Å²) < 4.78 is 26.7. The molecule has 0 saturated carbocycles. The average Bonchev–Trinajstić information content (AvgIpc) is 2.63. The van der Waals surface area contributed by atoms with Crippen LogP contribution >= 0.6 is 0 Å². The van der Waals surface area contributed by atoms with Gasteiger partial charge in [-0.25, -0.2) is 4.72 Å². The number of hydrogen-bond acceptors (Lipinski definition) is 3. The molecule has 0 aromatic heterocycles. The summed E-state index contributed by atoms with van der Waals surface area (Å²) >= 11 is 0. The van der Waals surface area contributed by atoms with Crippen LogP contribution < -0.4 is 10.0 Å². The third-order valence-corrected chi connectivity index (χ3v) is 4.19. The van der Waals surface area contributed by atoms with Gasteiger partial charge in [0.1, 0.15) is 0 Å². The Morgan fingerprint density at radius 3 is 2.77 bits per heavy atom. The van der Waals surface area contributed by atoms with Gasteiger partial charge >= 0.3 is 0 Å². The molecule has 13 heavy (non-hydrogen) atoms. The van der Waals surface area contributed by atoms with E-state index >= 15 is 0 Å². The van der Waals surface area contributed by atoms with E-state index in [4.69, 9.17) is 0 Å². The van der Waals surface area contributed by atoms with Crippen LogP contribution in [-0.2, 0) is 10.2 Å². The Morgan fingerprint density at radius 2 is 2.23 bits per heavy atom. The predicted octanol–water partition coefficient (Wildman–Crippen LogP) is -1.25. The van der Waals surface area contributed by atoms with Crippen LogP contribution in [0.2, 0.25) is 0 Å². The summed E-state index contributed by atoms with van der Waals surface area (Å²) in [4.78, 5) is 0. The Morgan fingerprint density at radius 1 is 1.38 bits per heavy atom. The molecule has 6 heteroatoms. The van der Waals surface area contributed by atoms with Crippen molar-refractivity contribution in [1.29, 1.82) is 0 Å². The maximum Gasteiger partial charge on any atom is 0.279 e. The van der Waals surface area contributed by atoms with Crippen LogP contribution in [0.1, 0.15) is 6.42 Å². The summed E-state index contributed by atoms with van der Waals surface area (Å²) in [6.07, 6.45) is 1.09. The lowest BCUT2D eigenvalue weighted by Crippen LogP contribution is -2.34. The van der Waals surface area contributed by atoms with Crippen LogP contribution in [0.4, 0.5) is 0 Å². The van der Waals surface area contributed by atoms with Crippen molar-refractivity contribution < 1.29 is 8.42 Å². The van der Waals surface area contributed by atoms with Gasteiger partial charge in [0.05, 0.1) is 0 Å². The van der Waals surface area contributed by atoms with E-state index < -0.39 is 10.2 Å². The molecule has 2 heterocycles. The van der Waals surface area contributed by atoms with Gasteiger partial charge in [-0.1, -0.05) is 0 Å². The van der Waals surface area contributed by atoms with Crippen molar-refractivity contribution in [3.8, 4) is 0 Å². The molecule has 0 aliphatic carbocycles. The first-order chi connectivity index (χ1) is 6.18. The molecule has 2 saturated heterocycles. The predicted molar refractivity (Wildman–Crippen MR) is 49.5 cm³/mol. The van der Waals surface area contributed by atoms with Gasteiger partial charge in [0, 0.05) is 19.6 Å². The highest BCUT2D eigenvalue weighted by molar-refractivity contribution is 7.87. The van der Waals surface area contributed by atoms with E-state index in [1.54, 1.807) is 4.31 Å². The lowest BCUT2D eigenvalue weighted by Gasteiger charge is -2.16. The highest BCUT2D eigenvalue weighted by Crippen LogP contribution is 2.13. The second kappa shape index (κ2) is 3.53. The van der Waals surface area contributed by atoms with E-state index in [0.717, 1.165) is 19.5 Å². The first-order valence-electron chi connectivity index (χ1n) is 4.64. The molecule has 2 aliphatic rings. The van der Waals surface area contributed by atoms with Gasteiger partial charge in [-0.3, -0.25) is 0 Å². The van der Waals surface area contributed by atoms with E-state index in [9.17, 15) is 8.42 Å². The average molecular weight is 205 g/mol. The lowest BCUT2D eigenvalue weighted by atomic mass is 10.1. The molecule has 0 radical (unpaired) electrons. The molecule has 2 fully saturated rings. The SMILES string of the molecule is O=S1(=O)NCCN1CC1CCNC1. The van der Waals surface area contributed by atoms with E-state index in [1.165, 1.54) is 0 Å². The van der Waals surface area contributed by atoms with Gasteiger partial charge in [0.2, 0.25) is 0 Å². The molecule has 0 bridgehead atoms. The largest absolute Gasteiger partial charge is 0.316 e. The van der Waals surface area contributed by atoms with E-state index in [2.05, 4.69) is 10.0 Å². The number of rotatable bonds is 2. The monoisotopic (exact) mass is 205 g/mol. The van der Waals surface area contributed by atoms with E-state index in [0.29, 0.717) is 25.6 Å². The second-order valence-corrected chi connectivity index (χ2v) is 5.37. The molecule has 76 valence electrons. The van der Waals surface area contributed by atoms with Crippen molar-refractivity contribution >= 4 is 10.2 Å². The molecule has 5 nitrogen and oxygen atoms in total. The van der Waals surface area contributed by atoms with Gasteiger partial charge in [-0.05, 0) is 25.4 Å². The van der Waals surface area contributed by atoms with Crippen molar-refractivity contribution in [3.63, 3.8) is 0 Å². The first kappa shape index (κ1) is 9.39. The van der Waals surface area contributed by atoms with Crippen molar-refractivity contribution in [1.82, 2.24) is 14.3 Å². The zero-order chi connectivity index (χ0) is 9.31. The van der Waals surface area contributed by atoms with Crippen molar-refractivity contribution in [2.24, 2.45) is 5.92 Å². The Balaban J connectivity index is 1.94. The number of hydrogen-bond donors (Lipinski definition) is 2. The van der Waals surface area contributed by atoms with Crippen LogP contribution in [0.5, 0.6) is 0 Å². The fraction of sp³-hybridized carbons (Fsp3) is 1.00. The Kier molecular flexibility index (Phi) is 2.55. The summed E-state index contributed by atoms with van der Waals surface area (Å²) in [6, 6.07) is 0. The van der Waals surface area contributed by atoms with Crippen molar-refractivity contribution in [2.45, 2.75) is 6.42 Å². The molecule has 2 aliphatic heterocycles. The normalized spacial score (nSPS) is 34.0. The summed E-state index contributed by atoms with van der Waals surface area (Å²) in [6.45, 7) is 3.82. The lowest BCUT2D eigenvalue weighted by molar-refractivity contribution is 0.381. The molecule has 0 aromatic rings. The summed E-state index contributed by atoms with van der Waals surface area (Å²) in [7, 11) is -3.12. The Bertz CT molecular complexity index is 271. The highest BCUT2D eigenvalue weighted by atomic mass is 32.2. The smallest absolute Gasteiger partial charge is 0.279 e. The molecule has 2 N–H and O–H groups in total. The standard InChI is InChI=1S/C7H15N3O2S/c11-13(12)9-3-4-10(13)6-7-1-2-8-5-7/h7-9H,1-6H2. The third kappa shape index (κ3) is 2.01. The third-order valence-electron chi connectivity index (χ3n) is 2.61. The van der Waals surface area contributed by atoms with Crippen LogP contribution in [0.3, 0.4) is 0 Å². The topological polar surface area (TPSA) is 61.4 Å². The summed E-state index contributed by atoms with van der Waals surface area (Å²) in [5, 5.41) is 3.23. The summed E-state index contributed by atoms with van der Waals surface area (Å²) in [5.74, 6) is 0.495. The minimum atomic E-state index is -3.12. The van der Waals surface area contributed by atoms with E-state index in [-0.39, 0.29) is 0 Å². The molecule has 1 atom stereocenters. The first-order valence-corrected chi connectivity index (χ1v) is 6.08. The minimum Gasteiger partial charge on any atom is -0.316 e. The zero-order valence-corrected chi connectivity index (χ0v) is 8.31. The Hall–Kier alpha value is -0.170. The molecule has 0 amide bonds. The van der Waals surface area contributed by atoms with Crippen LogP contribution in [0.25, 0.3) is 0 Å². The molecular formula is C7H15N3O2S. The maximum absolute atomic E-state index is 11.3. The fourth-order valence-electron chi connectivity index (χ4n) is 1.86.